The van der Waals surface area contributed by atoms with Crippen LogP contribution in [0.15, 0.2) is 69.9 Å². The van der Waals surface area contributed by atoms with Gasteiger partial charge in [-0.05, 0) is 60.5 Å². The van der Waals surface area contributed by atoms with Gasteiger partial charge >= 0.3 is 0 Å². The van der Waals surface area contributed by atoms with Gasteiger partial charge < -0.3 is 4.42 Å². The molecular formula is C24H14Cl2FNO3. The van der Waals surface area contributed by atoms with Crippen molar-refractivity contribution in [3.05, 3.63) is 109 Å². The van der Waals surface area contributed by atoms with Crippen LogP contribution in [0.2, 0.25) is 10.0 Å². The molecule has 0 aliphatic carbocycles. The Morgan fingerprint density at radius 2 is 1.81 bits per heavy atom. The lowest BCUT2D eigenvalue weighted by molar-refractivity contribution is 0.0971. The highest BCUT2D eigenvalue weighted by atomic mass is 35.5. The summed E-state index contributed by atoms with van der Waals surface area (Å²) < 4.78 is 19.7. The molecule has 1 atom stereocenters. The molecule has 0 radical (unpaired) electrons. The van der Waals surface area contributed by atoms with Crippen LogP contribution in [-0.2, 0) is 0 Å². The molecule has 1 amide bonds. The molecule has 4 nitrogen and oxygen atoms in total. The van der Waals surface area contributed by atoms with Gasteiger partial charge in [0.1, 0.15) is 11.4 Å². The summed E-state index contributed by atoms with van der Waals surface area (Å²) >= 11 is 12.5. The number of anilines is 1. The molecule has 1 aliphatic rings. The highest BCUT2D eigenvalue weighted by molar-refractivity contribution is 6.32. The SMILES string of the molecule is Cc1ccc(N2C(=O)c3oc4ccc(F)cc4c(=O)c3C2c2cccc(Cl)c2)cc1Cl. The van der Waals surface area contributed by atoms with Gasteiger partial charge in [-0.25, -0.2) is 4.39 Å². The third-order valence-corrected chi connectivity index (χ3v) is 6.07. The summed E-state index contributed by atoms with van der Waals surface area (Å²) in [5.41, 5.74) is 1.80. The van der Waals surface area contributed by atoms with Crippen molar-refractivity contribution >= 4 is 45.8 Å². The molecule has 1 unspecified atom stereocenters. The van der Waals surface area contributed by atoms with Crippen molar-refractivity contribution < 1.29 is 13.6 Å². The second-order valence-corrected chi connectivity index (χ2v) is 8.22. The molecular weight excluding hydrogens is 440 g/mol. The standard InChI is InChI=1S/C24H14Cl2FNO3/c1-12-5-7-16(11-18(12)26)28-21(13-3-2-4-14(25)9-13)20-22(29)17-10-15(27)6-8-19(17)31-23(20)24(28)30/h2-11,21H,1H3. The Morgan fingerprint density at radius 1 is 1.00 bits per heavy atom. The number of fused-ring (bicyclic) bond motifs is 2. The minimum Gasteiger partial charge on any atom is -0.450 e. The number of amides is 1. The van der Waals surface area contributed by atoms with Gasteiger partial charge in [-0.15, -0.1) is 0 Å². The summed E-state index contributed by atoms with van der Waals surface area (Å²) in [6, 6.07) is 15.0. The van der Waals surface area contributed by atoms with E-state index in [0.29, 0.717) is 21.3 Å². The average molecular weight is 454 g/mol. The van der Waals surface area contributed by atoms with Gasteiger partial charge in [0.2, 0.25) is 5.76 Å². The van der Waals surface area contributed by atoms with Crippen LogP contribution >= 0.6 is 23.2 Å². The van der Waals surface area contributed by atoms with Crippen molar-refractivity contribution in [2.45, 2.75) is 13.0 Å². The van der Waals surface area contributed by atoms with E-state index in [0.717, 1.165) is 11.6 Å². The van der Waals surface area contributed by atoms with Gasteiger partial charge in [0.15, 0.2) is 5.43 Å². The maximum atomic E-state index is 13.9. The fraction of sp³-hybridized carbons (Fsp3) is 0.0833. The predicted molar refractivity (Wildman–Crippen MR) is 119 cm³/mol. The minimum absolute atomic E-state index is 0.0716. The first kappa shape index (κ1) is 19.8. The van der Waals surface area contributed by atoms with Gasteiger partial charge in [-0.3, -0.25) is 14.5 Å². The molecule has 0 saturated heterocycles. The summed E-state index contributed by atoms with van der Waals surface area (Å²) in [5, 5.41) is 1.01. The average Bonchev–Trinajstić information content (AvgIpc) is 3.03. The molecule has 1 aliphatic heterocycles. The third kappa shape index (κ3) is 3.12. The summed E-state index contributed by atoms with van der Waals surface area (Å²) in [4.78, 5) is 28.3. The monoisotopic (exact) mass is 453 g/mol. The summed E-state index contributed by atoms with van der Waals surface area (Å²) in [6.07, 6.45) is 0. The topological polar surface area (TPSA) is 50.5 Å². The Morgan fingerprint density at radius 3 is 2.55 bits per heavy atom. The number of hydrogen-bond acceptors (Lipinski definition) is 3. The van der Waals surface area contributed by atoms with E-state index in [-0.39, 0.29) is 22.3 Å². The van der Waals surface area contributed by atoms with Crippen molar-refractivity contribution in [3.63, 3.8) is 0 Å². The Kier molecular flexibility index (Phi) is 4.61. The van der Waals surface area contributed by atoms with E-state index in [1.807, 2.05) is 6.92 Å². The second-order valence-electron chi connectivity index (χ2n) is 7.38. The molecule has 3 aromatic carbocycles. The largest absolute Gasteiger partial charge is 0.450 e. The summed E-state index contributed by atoms with van der Waals surface area (Å²) in [5.74, 6) is -1.13. The number of carbonyl (C=O) groups excluding carboxylic acids is 1. The van der Waals surface area contributed by atoms with E-state index in [1.54, 1.807) is 42.5 Å². The van der Waals surface area contributed by atoms with Crippen LogP contribution < -0.4 is 10.3 Å². The number of hydrogen-bond donors (Lipinski definition) is 0. The molecule has 0 N–H and O–H groups in total. The van der Waals surface area contributed by atoms with Crippen LogP contribution in [0.25, 0.3) is 11.0 Å². The highest BCUT2D eigenvalue weighted by Gasteiger charge is 2.43. The van der Waals surface area contributed by atoms with Crippen LogP contribution in [0.3, 0.4) is 0 Å². The van der Waals surface area contributed by atoms with E-state index in [9.17, 15) is 14.0 Å². The van der Waals surface area contributed by atoms with Crippen LogP contribution in [-0.4, -0.2) is 5.91 Å². The zero-order chi connectivity index (χ0) is 21.9. The number of halogens is 3. The van der Waals surface area contributed by atoms with Crippen molar-refractivity contribution in [2.75, 3.05) is 4.90 Å². The quantitative estimate of drug-likeness (QED) is 0.357. The van der Waals surface area contributed by atoms with Gasteiger partial charge in [-0.2, -0.15) is 0 Å². The van der Waals surface area contributed by atoms with E-state index in [4.69, 9.17) is 27.6 Å². The van der Waals surface area contributed by atoms with Gasteiger partial charge in [-0.1, -0.05) is 41.4 Å². The Labute approximate surface area is 186 Å². The molecule has 2 heterocycles. The van der Waals surface area contributed by atoms with Crippen molar-refractivity contribution in [2.24, 2.45) is 0 Å². The first-order valence-electron chi connectivity index (χ1n) is 9.46. The second kappa shape index (κ2) is 7.22. The number of carbonyl (C=O) groups is 1. The van der Waals surface area contributed by atoms with E-state index in [1.165, 1.54) is 17.0 Å². The van der Waals surface area contributed by atoms with Crippen LogP contribution in [0.4, 0.5) is 10.1 Å². The maximum absolute atomic E-state index is 13.9. The zero-order valence-electron chi connectivity index (χ0n) is 16.2. The normalized spacial score (nSPS) is 15.5. The van der Waals surface area contributed by atoms with Gasteiger partial charge in [0.05, 0.1) is 17.0 Å². The highest BCUT2D eigenvalue weighted by Crippen LogP contribution is 2.42. The molecule has 5 rings (SSSR count). The Hall–Kier alpha value is -3.15. The smallest absolute Gasteiger partial charge is 0.295 e. The van der Waals surface area contributed by atoms with Gasteiger partial charge in [0, 0.05) is 15.7 Å². The molecule has 31 heavy (non-hydrogen) atoms. The van der Waals surface area contributed by atoms with Crippen molar-refractivity contribution in [1.29, 1.82) is 0 Å². The minimum atomic E-state index is -0.802. The molecule has 0 fully saturated rings. The Balaban J connectivity index is 1.83. The number of rotatable bonds is 2. The number of nitrogens with zero attached hydrogens (tertiary/aromatic N) is 1. The summed E-state index contributed by atoms with van der Waals surface area (Å²) in [6.45, 7) is 1.85. The van der Waals surface area contributed by atoms with E-state index < -0.39 is 23.2 Å². The van der Waals surface area contributed by atoms with E-state index in [2.05, 4.69) is 0 Å². The van der Waals surface area contributed by atoms with Crippen molar-refractivity contribution in [3.8, 4) is 0 Å². The number of benzene rings is 3. The molecule has 1 aromatic heterocycles. The van der Waals surface area contributed by atoms with E-state index >= 15 is 0 Å². The Bertz CT molecular complexity index is 1450. The van der Waals surface area contributed by atoms with Crippen LogP contribution in [0.5, 0.6) is 0 Å². The molecule has 0 bridgehead atoms. The number of aryl methyl sites for hydroxylation is 1. The molecule has 154 valence electrons. The summed E-state index contributed by atoms with van der Waals surface area (Å²) in [7, 11) is 0. The maximum Gasteiger partial charge on any atom is 0.295 e. The molecule has 0 saturated carbocycles. The third-order valence-electron chi connectivity index (χ3n) is 5.43. The van der Waals surface area contributed by atoms with Crippen LogP contribution in [0.1, 0.15) is 33.3 Å². The molecule has 4 aromatic rings. The molecule has 0 spiro atoms. The predicted octanol–water partition coefficient (Wildman–Crippen LogP) is 6.30. The zero-order valence-corrected chi connectivity index (χ0v) is 17.7. The first-order chi connectivity index (χ1) is 14.8. The first-order valence-corrected chi connectivity index (χ1v) is 10.2. The fourth-order valence-corrected chi connectivity index (χ4v) is 4.31. The van der Waals surface area contributed by atoms with Crippen LogP contribution in [0, 0.1) is 12.7 Å². The molecule has 7 heteroatoms. The lowest BCUT2D eigenvalue weighted by Crippen LogP contribution is -2.29. The lowest BCUT2D eigenvalue weighted by atomic mass is 9.98. The lowest BCUT2D eigenvalue weighted by Gasteiger charge is -2.25. The fourth-order valence-electron chi connectivity index (χ4n) is 3.94. The van der Waals surface area contributed by atoms with Crippen molar-refractivity contribution in [1.82, 2.24) is 0 Å². The van der Waals surface area contributed by atoms with Gasteiger partial charge in [0.25, 0.3) is 5.91 Å².